The van der Waals surface area contributed by atoms with Gasteiger partial charge < -0.3 is 5.73 Å². The predicted octanol–water partition coefficient (Wildman–Crippen LogP) is 3.61. The lowest BCUT2D eigenvalue weighted by molar-refractivity contribution is 0.307. The summed E-state index contributed by atoms with van der Waals surface area (Å²) < 4.78 is 0. The number of aromatic nitrogens is 2. The summed E-state index contributed by atoms with van der Waals surface area (Å²) in [6.07, 6.45) is 7.33. The van der Waals surface area contributed by atoms with Crippen LogP contribution < -0.4 is 5.73 Å². The Hall–Kier alpha value is -1.12. The van der Waals surface area contributed by atoms with E-state index in [0.29, 0.717) is 11.7 Å². The molecule has 0 amide bonds. The summed E-state index contributed by atoms with van der Waals surface area (Å²) in [5.74, 6) is 3.05. The molecule has 2 rings (SSSR count). The largest absolute Gasteiger partial charge is 0.383 e. The smallest absolute Gasteiger partial charge is 0.134 e. The van der Waals surface area contributed by atoms with E-state index in [2.05, 4.69) is 25.8 Å². The number of hydrogen-bond acceptors (Lipinski definition) is 3. The Bertz CT molecular complexity index is 391. The first kappa shape index (κ1) is 13.3. The maximum Gasteiger partial charge on any atom is 0.134 e. The fraction of sp³-hybridized carbons (Fsp3) is 0.733. The second kappa shape index (κ2) is 5.68. The molecule has 1 fully saturated rings. The molecule has 2 N–H and O–H groups in total. The first-order valence-corrected chi connectivity index (χ1v) is 7.28. The van der Waals surface area contributed by atoms with E-state index in [9.17, 15) is 0 Å². The van der Waals surface area contributed by atoms with Crippen molar-refractivity contribution in [3.8, 4) is 0 Å². The molecule has 1 saturated carbocycles. The molecule has 18 heavy (non-hydrogen) atoms. The molecule has 1 heterocycles. The van der Waals surface area contributed by atoms with Gasteiger partial charge in [-0.2, -0.15) is 0 Å². The molecule has 100 valence electrons. The average molecular weight is 247 g/mol. The Kier molecular flexibility index (Phi) is 4.20. The zero-order valence-corrected chi connectivity index (χ0v) is 11.9. The molecule has 3 heteroatoms. The van der Waals surface area contributed by atoms with Crippen molar-refractivity contribution in [1.82, 2.24) is 9.97 Å². The third kappa shape index (κ3) is 2.65. The van der Waals surface area contributed by atoms with Gasteiger partial charge in [-0.25, -0.2) is 9.97 Å². The van der Waals surface area contributed by atoms with Crippen molar-refractivity contribution in [3.63, 3.8) is 0 Å². The van der Waals surface area contributed by atoms with Gasteiger partial charge >= 0.3 is 0 Å². The quantitative estimate of drug-likeness (QED) is 0.887. The standard InChI is InChI=1S/C15H25N3/c1-4-11-7-6-8-12(9-11)15-17-10(3)13(5-2)14(16)18-15/h11-12H,4-9H2,1-3H3,(H2,16,17,18). The number of aryl methyl sites for hydroxylation is 1. The van der Waals surface area contributed by atoms with E-state index in [1.165, 1.54) is 32.1 Å². The van der Waals surface area contributed by atoms with Crippen LogP contribution in [-0.2, 0) is 6.42 Å². The molecule has 1 aromatic heterocycles. The van der Waals surface area contributed by atoms with E-state index >= 15 is 0 Å². The third-order valence-corrected chi connectivity index (χ3v) is 4.34. The summed E-state index contributed by atoms with van der Waals surface area (Å²) in [6, 6.07) is 0. The van der Waals surface area contributed by atoms with Gasteiger partial charge in [-0.05, 0) is 32.1 Å². The maximum atomic E-state index is 6.06. The zero-order valence-electron chi connectivity index (χ0n) is 11.9. The Morgan fingerprint density at radius 3 is 2.61 bits per heavy atom. The lowest BCUT2D eigenvalue weighted by Crippen LogP contribution is -2.17. The molecule has 0 saturated heterocycles. The van der Waals surface area contributed by atoms with Gasteiger partial charge in [0.2, 0.25) is 0 Å². The van der Waals surface area contributed by atoms with Gasteiger partial charge in [0.1, 0.15) is 11.6 Å². The van der Waals surface area contributed by atoms with Crippen LogP contribution in [0.2, 0.25) is 0 Å². The molecule has 0 bridgehead atoms. The van der Waals surface area contributed by atoms with Gasteiger partial charge in [-0.1, -0.05) is 33.1 Å². The summed E-state index contributed by atoms with van der Waals surface area (Å²) in [5, 5.41) is 0. The van der Waals surface area contributed by atoms with Crippen molar-refractivity contribution in [1.29, 1.82) is 0 Å². The minimum Gasteiger partial charge on any atom is -0.383 e. The first-order chi connectivity index (χ1) is 8.65. The van der Waals surface area contributed by atoms with E-state index < -0.39 is 0 Å². The fourth-order valence-corrected chi connectivity index (χ4v) is 3.16. The van der Waals surface area contributed by atoms with Crippen LogP contribution in [0.25, 0.3) is 0 Å². The number of nitrogens with two attached hydrogens (primary N) is 1. The topological polar surface area (TPSA) is 51.8 Å². The van der Waals surface area contributed by atoms with Crippen LogP contribution in [-0.4, -0.2) is 9.97 Å². The van der Waals surface area contributed by atoms with Crippen molar-refractivity contribution in [3.05, 3.63) is 17.1 Å². The van der Waals surface area contributed by atoms with Gasteiger partial charge in [-0.3, -0.25) is 0 Å². The van der Waals surface area contributed by atoms with Crippen LogP contribution in [0.1, 0.15) is 69.0 Å². The molecule has 3 nitrogen and oxygen atoms in total. The van der Waals surface area contributed by atoms with Crippen LogP contribution in [0.15, 0.2) is 0 Å². The van der Waals surface area contributed by atoms with Crippen LogP contribution in [0.4, 0.5) is 5.82 Å². The second-order valence-electron chi connectivity index (χ2n) is 5.52. The number of rotatable bonds is 3. The van der Waals surface area contributed by atoms with E-state index in [0.717, 1.165) is 29.4 Å². The van der Waals surface area contributed by atoms with Crippen molar-refractivity contribution < 1.29 is 0 Å². The molecule has 1 aliphatic carbocycles. The summed E-state index contributed by atoms with van der Waals surface area (Å²) in [4.78, 5) is 9.27. The molecule has 2 atom stereocenters. The molecular formula is C15H25N3. The Labute approximate surface area is 110 Å². The predicted molar refractivity (Wildman–Crippen MR) is 75.5 cm³/mol. The van der Waals surface area contributed by atoms with Crippen molar-refractivity contribution in [2.24, 2.45) is 5.92 Å². The second-order valence-corrected chi connectivity index (χ2v) is 5.52. The minimum atomic E-state index is 0.524. The van der Waals surface area contributed by atoms with Gasteiger partial charge in [0.15, 0.2) is 0 Å². The molecule has 1 aliphatic rings. The minimum absolute atomic E-state index is 0.524. The van der Waals surface area contributed by atoms with Crippen LogP contribution in [0.3, 0.4) is 0 Å². The van der Waals surface area contributed by atoms with Gasteiger partial charge in [0.25, 0.3) is 0 Å². The Balaban J connectivity index is 2.23. The van der Waals surface area contributed by atoms with E-state index in [4.69, 9.17) is 10.7 Å². The van der Waals surface area contributed by atoms with Gasteiger partial charge in [0, 0.05) is 17.2 Å². The average Bonchev–Trinajstić information content (AvgIpc) is 2.38. The zero-order chi connectivity index (χ0) is 13.1. The molecular weight excluding hydrogens is 222 g/mol. The van der Waals surface area contributed by atoms with Crippen molar-refractivity contribution in [2.75, 3.05) is 5.73 Å². The van der Waals surface area contributed by atoms with Gasteiger partial charge in [-0.15, -0.1) is 0 Å². The molecule has 0 radical (unpaired) electrons. The van der Waals surface area contributed by atoms with Crippen LogP contribution >= 0.6 is 0 Å². The highest BCUT2D eigenvalue weighted by atomic mass is 15.0. The number of anilines is 1. The normalized spacial score (nSPS) is 24.2. The lowest BCUT2D eigenvalue weighted by atomic mass is 9.80. The molecule has 0 aromatic carbocycles. The summed E-state index contributed by atoms with van der Waals surface area (Å²) >= 11 is 0. The van der Waals surface area contributed by atoms with Crippen LogP contribution in [0, 0.1) is 12.8 Å². The molecule has 2 unspecified atom stereocenters. The molecule has 0 aliphatic heterocycles. The molecule has 0 spiro atoms. The first-order valence-electron chi connectivity index (χ1n) is 7.28. The molecule has 1 aromatic rings. The Morgan fingerprint density at radius 2 is 2.00 bits per heavy atom. The monoisotopic (exact) mass is 247 g/mol. The SMILES string of the molecule is CCc1c(C)nc(C2CCCC(CC)C2)nc1N. The highest BCUT2D eigenvalue weighted by Crippen LogP contribution is 2.36. The van der Waals surface area contributed by atoms with E-state index in [-0.39, 0.29) is 0 Å². The number of nitrogen functional groups attached to an aromatic ring is 1. The van der Waals surface area contributed by atoms with Crippen molar-refractivity contribution >= 4 is 5.82 Å². The summed E-state index contributed by atoms with van der Waals surface area (Å²) in [6.45, 7) is 6.45. The summed E-state index contributed by atoms with van der Waals surface area (Å²) in [7, 11) is 0. The third-order valence-electron chi connectivity index (χ3n) is 4.34. The Morgan fingerprint density at radius 1 is 1.22 bits per heavy atom. The van der Waals surface area contributed by atoms with Gasteiger partial charge in [0.05, 0.1) is 0 Å². The number of hydrogen-bond donors (Lipinski definition) is 1. The van der Waals surface area contributed by atoms with Crippen LogP contribution in [0.5, 0.6) is 0 Å². The summed E-state index contributed by atoms with van der Waals surface area (Å²) in [5.41, 5.74) is 8.24. The van der Waals surface area contributed by atoms with E-state index in [1.807, 2.05) is 0 Å². The van der Waals surface area contributed by atoms with E-state index in [1.54, 1.807) is 0 Å². The van der Waals surface area contributed by atoms with Crippen molar-refractivity contribution in [2.45, 2.75) is 65.2 Å². The highest BCUT2D eigenvalue weighted by Gasteiger charge is 2.25. The highest BCUT2D eigenvalue weighted by molar-refractivity contribution is 5.42. The lowest BCUT2D eigenvalue weighted by Gasteiger charge is -2.27. The fourth-order valence-electron chi connectivity index (χ4n) is 3.16. The number of nitrogens with zero attached hydrogens (tertiary/aromatic N) is 2. The maximum absolute atomic E-state index is 6.06.